The van der Waals surface area contributed by atoms with Gasteiger partial charge in [-0.3, -0.25) is 4.79 Å². The first-order chi connectivity index (χ1) is 15.1. The Morgan fingerprint density at radius 2 is 1.77 bits per heavy atom. The van der Waals surface area contributed by atoms with Gasteiger partial charge in [-0.2, -0.15) is 0 Å². The van der Waals surface area contributed by atoms with Crippen LogP contribution in [0.5, 0.6) is 5.75 Å². The summed E-state index contributed by atoms with van der Waals surface area (Å²) in [6.07, 6.45) is 3.32. The highest BCUT2D eigenvalue weighted by molar-refractivity contribution is 5.95. The summed E-state index contributed by atoms with van der Waals surface area (Å²) in [4.78, 5) is 13.4. The number of fused-ring (bicyclic) bond motifs is 1. The molecule has 0 unspecified atom stereocenters. The van der Waals surface area contributed by atoms with Gasteiger partial charge in [0.05, 0.1) is 18.6 Å². The largest absolute Gasteiger partial charge is 0.493 e. The fourth-order valence-electron chi connectivity index (χ4n) is 4.73. The summed E-state index contributed by atoms with van der Waals surface area (Å²) < 4.78 is 10.9. The molecule has 1 saturated carbocycles. The number of rotatable bonds is 7. The Morgan fingerprint density at radius 1 is 1.00 bits per heavy atom. The van der Waals surface area contributed by atoms with E-state index in [4.69, 9.17) is 9.47 Å². The number of methoxy groups -OCH3 is 1. The van der Waals surface area contributed by atoms with Gasteiger partial charge in [0, 0.05) is 20.0 Å². The molecule has 2 aliphatic rings. The molecule has 0 atom stereocenters. The first-order valence-corrected chi connectivity index (χ1v) is 11.1. The quantitative estimate of drug-likeness (QED) is 0.508. The van der Waals surface area contributed by atoms with Crippen LogP contribution in [0.3, 0.4) is 0 Å². The molecule has 3 aromatic rings. The first-order valence-electron chi connectivity index (χ1n) is 11.1. The maximum atomic E-state index is 13.4. The number of hydrogen-bond donors (Lipinski definition) is 0. The average molecular weight is 413 g/mol. The van der Waals surface area contributed by atoms with E-state index in [0.29, 0.717) is 18.8 Å². The minimum absolute atomic E-state index is 0.301. The van der Waals surface area contributed by atoms with Crippen LogP contribution in [-0.2, 0) is 34.4 Å². The van der Waals surface area contributed by atoms with Crippen molar-refractivity contribution < 1.29 is 14.3 Å². The van der Waals surface area contributed by atoms with Gasteiger partial charge < -0.3 is 9.47 Å². The van der Waals surface area contributed by atoms with Gasteiger partial charge in [-0.15, -0.1) is 0 Å². The zero-order valence-corrected chi connectivity index (χ0v) is 18.2. The molecule has 0 bridgehead atoms. The van der Waals surface area contributed by atoms with Crippen molar-refractivity contribution in [3.63, 3.8) is 0 Å². The van der Waals surface area contributed by atoms with E-state index in [-0.39, 0.29) is 5.41 Å². The van der Waals surface area contributed by atoms with E-state index in [1.54, 1.807) is 7.11 Å². The molecule has 158 valence electrons. The van der Waals surface area contributed by atoms with Gasteiger partial charge in [-0.05, 0) is 64.8 Å². The van der Waals surface area contributed by atoms with Crippen molar-refractivity contribution in [1.29, 1.82) is 0 Å². The van der Waals surface area contributed by atoms with Gasteiger partial charge in [-0.1, -0.05) is 54.6 Å². The maximum absolute atomic E-state index is 13.4. The highest BCUT2D eigenvalue weighted by Crippen LogP contribution is 2.50. The summed E-state index contributed by atoms with van der Waals surface area (Å²) >= 11 is 0. The molecule has 31 heavy (non-hydrogen) atoms. The topological polar surface area (TPSA) is 35.5 Å². The van der Waals surface area contributed by atoms with Crippen LogP contribution in [0.25, 0.3) is 11.1 Å². The third-order valence-electron chi connectivity index (χ3n) is 6.77. The number of carbonyl (C=O) groups excluding carboxylic acids is 1. The number of ketones is 1. The van der Waals surface area contributed by atoms with E-state index < -0.39 is 0 Å². The zero-order chi connectivity index (χ0) is 21.4. The van der Waals surface area contributed by atoms with Gasteiger partial charge in [-0.25, -0.2) is 0 Å². The molecular weight excluding hydrogens is 384 g/mol. The molecule has 0 radical (unpaired) electrons. The van der Waals surface area contributed by atoms with E-state index in [1.807, 2.05) is 6.07 Å². The second-order valence-corrected chi connectivity index (χ2v) is 8.88. The zero-order valence-electron chi connectivity index (χ0n) is 18.2. The Morgan fingerprint density at radius 3 is 2.52 bits per heavy atom. The van der Waals surface area contributed by atoms with Crippen LogP contribution in [0.1, 0.15) is 40.7 Å². The van der Waals surface area contributed by atoms with E-state index in [1.165, 1.54) is 27.8 Å². The second kappa shape index (κ2) is 7.97. The van der Waals surface area contributed by atoms with Crippen molar-refractivity contribution in [2.75, 3.05) is 13.7 Å². The monoisotopic (exact) mass is 412 g/mol. The predicted molar refractivity (Wildman–Crippen MR) is 123 cm³/mol. The molecule has 1 aliphatic heterocycles. The third kappa shape index (κ3) is 3.79. The SMILES string of the molecule is COCc1ccc(-c2cc(CC(=O)C3(c4ccc5c(c4)CCO5)CC3)ccc2C)cc1. The predicted octanol–water partition coefficient (Wildman–Crippen LogP) is 5.59. The smallest absolute Gasteiger partial charge is 0.147 e. The van der Waals surface area contributed by atoms with Crippen molar-refractivity contribution in [3.05, 3.63) is 88.5 Å². The summed E-state index contributed by atoms with van der Waals surface area (Å²) in [5.74, 6) is 1.31. The molecule has 0 aromatic heterocycles. The molecular formula is C28H28O3. The molecule has 0 saturated heterocycles. The minimum Gasteiger partial charge on any atom is -0.493 e. The number of benzene rings is 3. The minimum atomic E-state index is -0.301. The van der Waals surface area contributed by atoms with Crippen LogP contribution in [0.4, 0.5) is 0 Å². The second-order valence-electron chi connectivity index (χ2n) is 8.88. The summed E-state index contributed by atoms with van der Waals surface area (Å²) in [5, 5.41) is 0. The molecule has 3 heteroatoms. The fraction of sp³-hybridized carbons (Fsp3) is 0.321. The van der Waals surface area contributed by atoms with Gasteiger partial charge in [0.2, 0.25) is 0 Å². The van der Waals surface area contributed by atoms with Crippen molar-refractivity contribution in [1.82, 2.24) is 0 Å². The van der Waals surface area contributed by atoms with Crippen molar-refractivity contribution in [2.45, 2.75) is 44.6 Å². The van der Waals surface area contributed by atoms with Gasteiger partial charge >= 0.3 is 0 Å². The van der Waals surface area contributed by atoms with Crippen LogP contribution in [-0.4, -0.2) is 19.5 Å². The van der Waals surface area contributed by atoms with Gasteiger partial charge in [0.15, 0.2) is 0 Å². The van der Waals surface area contributed by atoms with Crippen molar-refractivity contribution in [2.24, 2.45) is 0 Å². The molecule has 3 nitrogen and oxygen atoms in total. The molecule has 0 spiro atoms. The standard InChI is InChI=1S/C28H28O3/c1-19-3-4-21(15-25(19)22-7-5-20(6-8-22)18-30-2)16-27(29)28(12-13-28)24-9-10-26-23(17-24)11-14-31-26/h3-10,15,17H,11-14,16,18H2,1-2H3. The van der Waals surface area contributed by atoms with E-state index in [0.717, 1.165) is 42.7 Å². The fourth-order valence-corrected chi connectivity index (χ4v) is 4.73. The molecule has 0 N–H and O–H groups in total. The Hall–Kier alpha value is -2.91. The lowest BCUT2D eigenvalue weighted by Crippen LogP contribution is -2.22. The summed E-state index contributed by atoms with van der Waals surface area (Å²) in [6.45, 7) is 3.49. The van der Waals surface area contributed by atoms with Crippen LogP contribution >= 0.6 is 0 Å². The number of aryl methyl sites for hydroxylation is 1. The molecule has 3 aromatic carbocycles. The van der Waals surface area contributed by atoms with Crippen LogP contribution in [0, 0.1) is 6.92 Å². The lowest BCUT2D eigenvalue weighted by molar-refractivity contribution is -0.120. The molecule has 0 amide bonds. The number of ether oxygens (including phenoxy) is 2. The van der Waals surface area contributed by atoms with E-state index in [2.05, 4.69) is 61.5 Å². The molecule has 1 aliphatic carbocycles. The van der Waals surface area contributed by atoms with Crippen LogP contribution < -0.4 is 4.74 Å². The van der Waals surface area contributed by atoms with E-state index in [9.17, 15) is 4.79 Å². The summed E-state index contributed by atoms with van der Waals surface area (Å²) in [6, 6.07) is 21.2. The van der Waals surface area contributed by atoms with Gasteiger partial charge in [0.1, 0.15) is 11.5 Å². The normalized spacial score (nSPS) is 15.9. The van der Waals surface area contributed by atoms with Gasteiger partial charge in [0.25, 0.3) is 0 Å². The Balaban J connectivity index is 1.38. The average Bonchev–Trinajstić information content (AvgIpc) is 3.47. The lowest BCUT2D eigenvalue weighted by Gasteiger charge is -2.16. The highest BCUT2D eigenvalue weighted by Gasteiger charge is 2.50. The Labute approximate surface area is 184 Å². The Kier molecular flexibility index (Phi) is 5.15. The summed E-state index contributed by atoms with van der Waals surface area (Å²) in [7, 11) is 1.71. The number of Topliss-reactive ketones (excluding diaryl/α,β-unsaturated/α-hetero) is 1. The number of carbonyl (C=O) groups is 1. The highest BCUT2D eigenvalue weighted by atomic mass is 16.5. The van der Waals surface area contributed by atoms with Crippen LogP contribution in [0.2, 0.25) is 0 Å². The molecule has 1 fully saturated rings. The molecule has 5 rings (SSSR count). The van der Waals surface area contributed by atoms with Crippen molar-refractivity contribution >= 4 is 5.78 Å². The molecule has 1 heterocycles. The number of hydrogen-bond acceptors (Lipinski definition) is 3. The van der Waals surface area contributed by atoms with Crippen LogP contribution in [0.15, 0.2) is 60.7 Å². The Bertz CT molecular complexity index is 1120. The summed E-state index contributed by atoms with van der Waals surface area (Å²) in [5.41, 5.74) is 7.93. The maximum Gasteiger partial charge on any atom is 0.147 e. The first kappa shape index (κ1) is 20.0. The van der Waals surface area contributed by atoms with Crippen molar-refractivity contribution in [3.8, 4) is 16.9 Å². The third-order valence-corrected chi connectivity index (χ3v) is 6.77. The van der Waals surface area contributed by atoms with E-state index >= 15 is 0 Å². The lowest BCUT2D eigenvalue weighted by atomic mass is 9.86.